The number of aryl methyl sites for hydroxylation is 1. The van der Waals surface area contributed by atoms with Crippen LogP contribution in [0.15, 0.2) is 53.9 Å². The Kier molecular flexibility index (Phi) is 7.21. The second-order valence-electron chi connectivity index (χ2n) is 6.22. The Morgan fingerprint density at radius 2 is 1.97 bits per heavy atom. The summed E-state index contributed by atoms with van der Waals surface area (Å²) in [6.45, 7) is 2.37. The maximum absolute atomic E-state index is 12.2. The first-order valence-electron chi connectivity index (χ1n) is 8.95. The van der Waals surface area contributed by atoms with Crippen molar-refractivity contribution in [2.75, 3.05) is 12.4 Å². The van der Waals surface area contributed by atoms with Crippen molar-refractivity contribution in [2.45, 2.75) is 13.5 Å². The predicted molar refractivity (Wildman–Crippen MR) is 118 cm³/mol. The summed E-state index contributed by atoms with van der Waals surface area (Å²) in [5.41, 5.74) is 2.36. The van der Waals surface area contributed by atoms with Crippen LogP contribution in [0.25, 0.3) is 6.08 Å². The van der Waals surface area contributed by atoms with Crippen LogP contribution in [-0.4, -0.2) is 24.0 Å². The molecule has 6 nitrogen and oxygen atoms in total. The number of esters is 1. The van der Waals surface area contributed by atoms with Crippen molar-refractivity contribution in [2.24, 2.45) is 0 Å². The summed E-state index contributed by atoms with van der Waals surface area (Å²) < 4.78 is 10.4. The molecule has 3 rings (SSSR count). The third kappa shape index (κ3) is 5.92. The molecule has 0 saturated heterocycles. The molecule has 0 aliphatic carbocycles. The monoisotopic (exact) mass is 442 g/mol. The highest BCUT2D eigenvalue weighted by atomic mass is 35.5. The molecule has 30 heavy (non-hydrogen) atoms. The molecule has 2 aromatic carbocycles. The lowest BCUT2D eigenvalue weighted by atomic mass is 10.2. The number of nitrogens with one attached hydrogen (secondary N) is 1. The molecule has 3 aromatic rings. The minimum absolute atomic E-state index is 0.185. The van der Waals surface area contributed by atoms with E-state index in [1.807, 2.05) is 36.6 Å². The Balaban J connectivity index is 1.56. The van der Waals surface area contributed by atoms with Gasteiger partial charge in [-0.25, -0.2) is 9.78 Å². The second-order valence-corrected chi connectivity index (χ2v) is 7.69. The number of anilines is 1. The standard InChI is InChI=1S/C22H19ClN2O4S/c1-14-24-17(13-30-14)12-29-18-7-3-15(4-8-18)5-10-21(26)25-16-6-9-20(23)19(11-16)22(27)28-2/h3-11,13H,12H2,1-2H3,(H,25,26)/b10-5+. The van der Waals surface area contributed by atoms with Crippen molar-refractivity contribution in [3.05, 3.63) is 80.8 Å². The van der Waals surface area contributed by atoms with Gasteiger partial charge in [0.1, 0.15) is 12.4 Å². The number of carbonyl (C=O) groups excluding carboxylic acids is 2. The number of hydrogen-bond acceptors (Lipinski definition) is 6. The minimum atomic E-state index is -0.570. The highest BCUT2D eigenvalue weighted by Gasteiger charge is 2.12. The molecule has 0 spiro atoms. The van der Waals surface area contributed by atoms with Crippen LogP contribution in [-0.2, 0) is 16.1 Å². The molecule has 1 heterocycles. The highest BCUT2D eigenvalue weighted by molar-refractivity contribution is 7.09. The summed E-state index contributed by atoms with van der Waals surface area (Å²) in [7, 11) is 1.27. The molecule has 0 aliphatic rings. The van der Waals surface area contributed by atoms with E-state index >= 15 is 0 Å². The first-order valence-corrected chi connectivity index (χ1v) is 10.2. The molecule has 1 N–H and O–H groups in total. The summed E-state index contributed by atoms with van der Waals surface area (Å²) in [6, 6.07) is 12.0. The quantitative estimate of drug-likeness (QED) is 0.405. The molecule has 0 aliphatic heterocycles. The molecule has 1 aromatic heterocycles. The van der Waals surface area contributed by atoms with Crippen LogP contribution < -0.4 is 10.1 Å². The van der Waals surface area contributed by atoms with Crippen molar-refractivity contribution in [1.82, 2.24) is 4.98 Å². The molecule has 0 bridgehead atoms. The predicted octanol–water partition coefficient (Wildman–Crippen LogP) is 5.12. The summed E-state index contributed by atoms with van der Waals surface area (Å²) in [6.07, 6.45) is 3.08. The van der Waals surface area contributed by atoms with E-state index in [0.717, 1.165) is 22.0 Å². The largest absolute Gasteiger partial charge is 0.487 e. The molecule has 0 fully saturated rings. The van der Waals surface area contributed by atoms with Crippen LogP contribution in [0, 0.1) is 6.92 Å². The van der Waals surface area contributed by atoms with Gasteiger partial charge in [0.25, 0.3) is 0 Å². The van der Waals surface area contributed by atoms with Gasteiger partial charge < -0.3 is 14.8 Å². The second kappa shape index (κ2) is 10.0. The average molecular weight is 443 g/mol. The van der Waals surface area contributed by atoms with Crippen LogP contribution in [0.2, 0.25) is 5.02 Å². The number of amides is 1. The van der Waals surface area contributed by atoms with Crippen molar-refractivity contribution < 1.29 is 19.1 Å². The Labute approximate surface area is 183 Å². The Morgan fingerprint density at radius 1 is 1.20 bits per heavy atom. The van der Waals surface area contributed by atoms with E-state index in [-0.39, 0.29) is 16.5 Å². The molecule has 8 heteroatoms. The van der Waals surface area contributed by atoms with Gasteiger partial charge in [0, 0.05) is 17.1 Å². The number of thiazole rings is 1. The van der Waals surface area contributed by atoms with Crippen molar-refractivity contribution in [3.8, 4) is 5.75 Å². The lowest BCUT2D eigenvalue weighted by molar-refractivity contribution is -0.111. The Bertz CT molecular complexity index is 1080. The minimum Gasteiger partial charge on any atom is -0.487 e. The zero-order chi connectivity index (χ0) is 21.5. The fourth-order valence-electron chi connectivity index (χ4n) is 2.53. The van der Waals surface area contributed by atoms with Crippen LogP contribution in [0.1, 0.15) is 26.6 Å². The molecule has 0 saturated carbocycles. The molecular formula is C22H19ClN2O4S. The number of nitrogens with zero attached hydrogens (tertiary/aromatic N) is 1. The first-order chi connectivity index (χ1) is 14.4. The van der Waals surface area contributed by atoms with E-state index in [4.69, 9.17) is 16.3 Å². The number of carbonyl (C=O) groups is 2. The molecule has 0 unspecified atom stereocenters. The summed E-state index contributed by atoms with van der Waals surface area (Å²) >= 11 is 7.57. The first kappa shape index (κ1) is 21.5. The molecule has 1 amide bonds. The van der Waals surface area contributed by atoms with Gasteiger partial charge in [-0.15, -0.1) is 11.3 Å². The summed E-state index contributed by atoms with van der Waals surface area (Å²) in [5, 5.41) is 5.92. The number of halogens is 1. The number of benzene rings is 2. The SMILES string of the molecule is COC(=O)c1cc(NC(=O)/C=C/c2ccc(OCc3csc(C)n3)cc2)ccc1Cl. The van der Waals surface area contributed by atoms with E-state index in [9.17, 15) is 9.59 Å². The van der Waals surface area contributed by atoms with E-state index in [1.165, 1.54) is 25.3 Å². The van der Waals surface area contributed by atoms with Gasteiger partial charge in [0.15, 0.2) is 0 Å². The lowest BCUT2D eigenvalue weighted by Crippen LogP contribution is -2.09. The number of rotatable bonds is 7. The molecule has 0 radical (unpaired) electrons. The van der Waals surface area contributed by atoms with Crippen LogP contribution in [0.4, 0.5) is 5.69 Å². The van der Waals surface area contributed by atoms with Crippen molar-refractivity contribution in [1.29, 1.82) is 0 Å². The average Bonchev–Trinajstić information content (AvgIpc) is 3.17. The zero-order valence-electron chi connectivity index (χ0n) is 16.3. The van der Waals surface area contributed by atoms with Crippen molar-refractivity contribution >= 4 is 46.6 Å². The Morgan fingerprint density at radius 3 is 2.63 bits per heavy atom. The summed E-state index contributed by atoms with van der Waals surface area (Å²) in [4.78, 5) is 28.2. The Hall–Kier alpha value is -3.16. The lowest BCUT2D eigenvalue weighted by Gasteiger charge is -2.07. The number of aromatic nitrogens is 1. The third-order valence-corrected chi connectivity index (χ3v) is 5.15. The normalized spacial score (nSPS) is 10.8. The van der Waals surface area contributed by atoms with Gasteiger partial charge in [-0.3, -0.25) is 4.79 Å². The number of methoxy groups -OCH3 is 1. The fourth-order valence-corrected chi connectivity index (χ4v) is 3.32. The van der Waals surface area contributed by atoms with E-state index < -0.39 is 5.97 Å². The van der Waals surface area contributed by atoms with Crippen LogP contribution in [0.5, 0.6) is 5.75 Å². The van der Waals surface area contributed by atoms with E-state index in [1.54, 1.807) is 23.5 Å². The summed E-state index contributed by atoms with van der Waals surface area (Å²) in [5.74, 6) is -0.190. The third-order valence-electron chi connectivity index (χ3n) is 4.00. The van der Waals surface area contributed by atoms with Gasteiger partial charge in [-0.1, -0.05) is 23.7 Å². The number of ether oxygens (including phenoxy) is 2. The fraction of sp³-hybridized carbons (Fsp3) is 0.136. The van der Waals surface area contributed by atoms with E-state index in [0.29, 0.717) is 12.3 Å². The molecular weight excluding hydrogens is 424 g/mol. The van der Waals surface area contributed by atoms with Gasteiger partial charge in [-0.05, 0) is 48.9 Å². The topological polar surface area (TPSA) is 77.5 Å². The van der Waals surface area contributed by atoms with Gasteiger partial charge in [-0.2, -0.15) is 0 Å². The van der Waals surface area contributed by atoms with Crippen molar-refractivity contribution in [3.63, 3.8) is 0 Å². The molecule has 154 valence electrons. The smallest absolute Gasteiger partial charge is 0.339 e. The highest BCUT2D eigenvalue weighted by Crippen LogP contribution is 2.21. The number of hydrogen-bond donors (Lipinski definition) is 1. The molecule has 0 atom stereocenters. The van der Waals surface area contributed by atoms with Crippen LogP contribution >= 0.6 is 22.9 Å². The van der Waals surface area contributed by atoms with E-state index in [2.05, 4.69) is 15.0 Å². The van der Waals surface area contributed by atoms with Gasteiger partial charge >= 0.3 is 5.97 Å². The van der Waals surface area contributed by atoms with Gasteiger partial charge in [0.05, 0.1) is 28.4 Å². The van der Waals surface area contributed by atoms with Crippen LogP contribution in [0.3, 0.4) is 0 Å². The maximum atomic E-state index is 12.2. The van der Waals surface area contributed by atoms with Gasteiger partial charge in [0.2, 0.25) is 5.91 Å². The zero-order valence-corrected chi connectivity index (χ0v) is 17.9. The maximum Gasteiger partial charge on any atom is 0.339 e.